The smallest absolute Gasteiger partial charge is 0.337 e. The van der Waals surface area contributed by atoms with Gasteiger partial charge >= 0.3 is 6.03 Å². The summed E-state index contributed by atoms with van der Waals surface area (Å²) in [6, 6.07) is 19.3. The molecule has 8 nitrogen and oxygen atoms in total. The summed E-state index contributed by atoms with van der Waals surface area (Å²) >= 11 is 0. The van der Waals surface area contributed by atoms with Crippen LogP contribution in [0.3, 0.4) is 0 Å². The van der Waals surface area contributed by atoms with Crippen LogP contribution in [-0.2, 0) is 6.42 Å². The lowest BCUT2D eigenvalue weighted by atomic mass is 9.94. The van der Waals surface area contributed by atoms with E-state index in [9.17, 15) is 9.18 Å². The van der Waals surface area contributed by atoms with Crippen molar-refractivity contribution in [2.45, 2.75) is 19.4 Å². The molecule has 4 aromatic rings. The molecule has 3 aromatic carbocycles. The van der Waals surface area contributed by atoms with E-state index in [2.05, 4.69) is 10.4 Å². The van der Waals surface area contributed by atoms with Gasteiger partial charge in [0.05, 0.1) is 37.4 Å². The number of rotatable bonds is 5. The fourth-order valence-corrected chi connectivity index (χ4v) is 4.56. The number of ether oxygens (including phenoxy) is 2. The number of aromatic nitrogens is 2. The number of fused-ring (bicyclic) bond motifs is 1. The number of hydrazone groups is 1. The molecule has 1 aliphatic heterocycles. The minimum Gasteiger partial charge on any atom is -0.493 e. The van der Waals surface area contributed by atoms with Crippen molar-refractivity contribution in [1.29, 1.82) is 0 Å². The minimum absolute atomic E-state index is 0.183. The maximum atomic E-state index is 13.3. The molecule has 0 saturated heterocycles. The summed E-state index contributed by atoms with van der Waals surface area (Å²) in [5.41, 5.74) is 5.77. The summed E-state index contributed by atoms with van der Waals surface area (Å²) in [7, 11) is 4.79. The fourth-order valence-electron chi connectivity index (χ4n) is 4.56. The molecule has 1 aromatic heterocycles. The first-order valence-electron chi connectivity index (χ1n) is 12.2. The molecule has 0 radical (unpaired) electrons. The number of benzene rings is 3. The second-order valence-corrected chi connectivity index (χ2v) is 8.97. The van der Waals surface area contributed by atoms with E-state index >= 15 is 0 Å². The number of hydrogen-bond donors (Lipinski definition) is 1. The predicted molar refractivity (Wildman–Crippen MR) is 144 cm³/mol. The molecule has 0 bridgehead atoms. The molecular weight excluding hydrogens is 485 g/mol. The first-order valence-corrected chi connectivity index (χ1v) is 12.2. The van der Waals surface area contributed by atoms with Crippen LogP contribution in [0, 0.1) is 5.82 Å². The number of carbonyl (C=O) groups is 1. The summed E-state index contributed by atoms with van der Waals surface area (Å²) in [4.78, 5) is 12.7. The van der Waals surface area contributed by atoms with Gasteiger partial charge in [-0.05, 0) is 73.5 Å². The Morgan fingerprint density at radius 3 is 2.29 bits per heavy atom. The molecule has 38 heavy (non-hydrogen) atoms. The fraction of sp³-hybridized carbons (Fsp3) is 0.207. The highest BCUT2D eigenvalue weighted by atomic mass is 19.1. The van der Waals surface area contributed by atoms with E-state index in [1.54, 1.807) is 38.1 Å². The van der Waals surface area contributed by atoms with Gasteiger partial charge in [0, 0.05) is 29.9 Å². The highest BCUT2D eigenvalue weighted by molar-refractivity contribution is 6.14. The van der Waals surface area contributed by atoms with E-state index in [0.717, 1.165) is 33.6 Å². The molecule has 1 aliphatic rings. The first-order chi connectivity index (χ1) is 18.4. The van der Waals surface area contributed by atoms with Crippen LogP contribution in [0.1, 0.15) is 23.6 Å². The average Bonchev–Trinajstić information content (AvgIpc) is 3.39. The van der Waals surface area contributed by atoms with Gasteiger partial charge in [0.15, 0.2) is 11.5 Å². The zero-order chi connectivity index (χ0) is 26.8. The maximum Gasteiger partial charge on any atom is 0.337 e. The minimum atomic E-state index is -0.289. The molecule has 5 rings (SSSR count). The van der Waals surface area contributed by atoms with Gasteiger partial charge in [0.2, 0.25) is 0 Å². The third-order valence-corrected chi connectivity index (χ3v) is 6.56. The SMILES string of the molecule is CNC(=O)N1N=C(c2ccc(-n3ccc(-c4ccc(F)cc4)n3)cc2)c2cc(OC)c(OC)cc2CC1C. The van der Waals surface area contributed by atoms with E-state index in [4.69, 9.17) is 14.6 Å². The van der Waals surface area contributed by atoms with Gasteiger partial charge in [-0.1, -0.05) is 12.1 Å². The second kappa shape index (κ2) is 10.4. The number of nitrogens with zero attached hydrogens (tertiary/aromatic N) is 4. The van der Waals surface area contributed by atoms with Crippen molar-refractivity contribution in [3.63, 3.8) is 0 Å². The lowest BCUT2D eigenvalue weighted by molar-refractivity contribution is 0.184. The topological polar surface area (TPSA) is 81.0 Å². The lowest BCUT2D eigenvalue weighted by Crippen LogP contribution is -2.41. The van der Waals surface area contributed by atoms with E-state index in [0.29, 0.717) is 23.6 Å². The lowest BCUT2D eigenvalue weighted by Gasteiger charge is -2.22. The Morgan fingerprint density at radius 2 is 1.63 bits per heavy atom. The van der Waals surface area contributed by atoms with Gasteiger partial charge in [0.25, 0.3) is 0 Å². The van der Waals surface area contributed by atoms with Gasteiger partial charge in [-0.25, -0.2) is 18.9 Å². The zero-order valence-electron chi connectivity index (χ0n) is 21.6. The van der Waals surface area contributed by atoms with Crippen molar-refractivity contribution in [3.05, 3.63) is 95.4 Å². The third-order valence-electron chi connectivity index (χ3n) is 6.56. The number of halogens is 1. The Bertz CT molecular complexity index is 1500. The zero-order valence-corrected chi connectivity index (χ0v) is 21.6. The Labute approximate surface area is 220 Å². The van der Waals surface area contributed by atoms with E-state index < -0.39 is 0 Å². The molecule has 1 unspecified atom stereocenters. The quantitative estimate of drug-likeness (QED) is 0.406. The van der Waals surface area contributed by atoms with E-state index in [1.165, 1.54) is 17.1 Å². The van der Waals surface area contributed by atoms with Gasteiger partial charge in [-0.3, -0.25) is 0 Å². The van der Waals surface area contributed by atoms with Gasteiger partial charge in [-0.2, -0.15) is 10.2 Å². The predicted octanol–water partition coefficient (Wildman–Crippen LogP) is 5.03. The highest BCUT2D eigenvalue weighted by Gasteiger charge is 2.28. The van der Waals surface area contributed by atoms with E-state index in [-0.39, 0.29) is 17.9 Å². The molecule has 1 atom stereocenters. The Hall–Kier alpha value is -4.66. The third kappa shape index (κ3) is 4.70. The van der Waals surface area contributed by atoms with Gasteiger partial charge in [-0.15, -0.1) is 0 Å². The molecule has 9 heteroatoms. The molecule has 1 N–H and O–H groups in total. The van der Waals surface area contributed by atoms with Gasteiger partial charge < -0.3 is 14.8 Å². The number of hydrogen-bond acceptors (Lipinski definition) is 5. The van der Waals surface area contributed by atoms with Crippen LogP contribution in [-0.4, -0.2) is 53.8 Å². The molecule has 0 fully saturated rings. The van der Waals surface area contributed by atoms with Crippen molar-refractivity contribution in [2.24, 2.45) is 5.10 Å². The van der Waals surface area contributed by atoms with Crippen LogP contribution in [0.2, 0.25) is 0 Å². The summed E-state index contributed by atoms with van der Waals surface area (Å²) in [5, 5.41) is 13.6. The number of urea groups is 1. The molecule has 194 valence electrons. The average molecular weight is 514 g/mol. The summed E-state index contributed by atoms with van der Waals surface area (Å²) in [5.74, 6) is 0.922. The first kappa shape index (κ1) is 25.0. The van der Waals surface area contributed by atoms with Crippen molar-refractivity contribution in [2.75, 3.05) is 21.3 Å². The normalized spacial score (nSPS) is 14.8. The molecule has 0 saturated carbocycles. The number of carbonyl (C=O) groups excluding carboxylic acids is 1. The van der Waals surface area contributed by atoms with Crippen LogP contribution < -0.4 is 14.8 Å². The maximum absolute atomic E-state index is 13.3. The summed E-state index contributed by atoms with van der Waals surface area (Å²) < 4.78 is 26.2. The standard InChI is InChI=1S/C29H28FN5O3/c1-18-15-21-16-26(37-3)27(38-4)17-24(21)28(33-35(18)29(36)31-2)20-7-11-23(12-8-20)34-14-13-25(32-34)19-5-9-22(30)10-6-19/h5-14,16-18H,15H2,1-4H3,(H,31,36). The van der Waals surface area contributed by atoms with Crippen LogP contribution in [0.15, 0.2) is 78.0 Å². The van der Waals surface area contributed by atoms with Crippen LogP contribution >= 0.6 is 0 Å². The number of methoxy groups -OCH3 is 2. The Balaban J connectivity index is 1.55. The van der Waals surface area contributed by atoms with Crippen molar-refractivity contribution < 1.29 is 18.7 Å². The molecule has 2 amide bonds. The monoisotopic (exact) mass is 513 g/mol. The Morgan fingerprint density at radius 1 is 0.974 bits per heavy atom. The van der Waals surface area contributed by atoms with Gasteiger partial charge in [0.1, 0.15) is 5.82 Å². The van der Waals surface area contributed by atoms with Crippen LogP contribution in [0.5, 0.6) is 11.5 Å². The molecule has 0 spiro atoms. The second-order valence-electron chi connectivity index (χ2n) is 8.97. The van der Waals surface area contributed by atoms with Crippen molar-refractivity contribution in [1.82, 2.24) is 20.1 Å². The molecule has 0 aliphatic carbocycles. The summed E-state index contributed by atoms with van der Waals surface area (Å²) in [6.45, 7) is 1.96. The van der Waals surface area contributed by atoms with Crippen molar-refractivity contribution in [3.8, 4) is 28.4 Å². The molecule has 2 heterocycles. The summed E-state index contributed by atoms with van der Waals surface area (Å²) in [6.07, 6.45) is 2.45. The van der Waals surface area contributed by atoms with E-state index in [1.807, 2.05) is 55.6 Å². The van der Waals surface area contributed by atoms with Crippen LogP contribution in [0.4, 0.5) is 9.18 Å². The largest absolute Gasteiger partial charge is 0.493 e. The molecular formula is C29H28FN5O3. The number of nitrogens with one attached hydrogen (secondary N) is 1. The number of amides is 2. The van der Waals surface area contributed by atoms with Crippen molar-refractivity contribution >= 4 is 11.7 Å². The highest BCUT2D eigenvalue weighted by Crippen LogP contribution is 2.34. The van der Waals surface area contributed by atoms with Crippen LogP contribution in [0.25, 0.3) is 16.9 Å². The Kier molecular flexibility index (Phi) is 6.83.